The Morgan fingerprint density at radius 2 is 0.710 bits per heavy atom. The monoisotopic (exact) mass is 400 g/mol. The van der Waals surface area contributed by atoms with Gasteiger partial charge in [0.15, 0.2) is 22.8 Å². The van der Waals surface area contributed by atoms with Crippen LogP contribution in [0.15, 0.2) is 0 Å². The van der Waals surface area contributed by atoms with Gasteiger partial charge in [-0.15, -0.1) is 9.97 Å². The third-order valence-electron chi connectivity index (χ3n) is 3.96. The zero-order valence-corrected chi connectivity index (χ0v) is 14.4. The van der Waals surface area contributed by atoms with Crippen LogP contribution in [0.1, 0.15) is 30.2 Å². The van der Waals surface area contributed by atoms with E-state index in [1.165, 1.54) is 0 Å². The number of nitriles is 4. The fourth-order valence-corrected chi connectivity index (χ4v) is 2.74. The molecule has 0 N–H and O–H groups in total. The molecule has 0 radical (unpaired) electrons. The van der Waals surface area contributed by atoms with Crippen LogP contribution in [-0.2, 0) is 0 Å². The standard InChI is InChI=1S/C18N12.CH4/c1-23-17-18(24-2)30-16-14-12(26-8(4-20)10(6-22)28-14)11-13(15(16)29-17)27-9(5-21)7(3-19)25-11;/h;1H4. The van der Waals surface area contributed by atoms with Crippen molar-refractivity contribution in [1.82, 2.24) is 29.9 Å². The first kappa shape index (κ1) is 19.9. The highest BCUT2D eigenvalue weighted by atomic mass is 15.0. The van der Waals surface area contributed by atoms with E-state index in [1.807, 2.05) is 0 Å². The van der Waals surface area contributed by atoms with E-state index in [4.69, 9.17) is 13.1 Å². The molecule has 0 amide bonds. The van der Waals surface area contributed by atoms with Gasteiger partial charge < -0.3 is 9.69 Å². The maximum atomic E-state index is 9.29. The van der Waals surface area contributed by atoms with E-state index in [2.05, 4.69) is 39.6 Å². The Balaban J connectivity index is 0.00000272. The molecule has 4 rings (SSSR count). The van der Waals surface area contributed by atoms with E-state index in [9.17, 15) is 21.0 Å². The summed E-state index contributed by atoms with van der Waals surface area (Å²) >= 11 is 0. The van der Waals surface area contributed by atoms with Gasteiger partial charge >= 0.3 is 0 Å². The Morgan fingerprint density at radius 3 is 0.903 bits per heavy atom. The predicted octanol–water partition coefficient (Wildman–Crippen LogP) is 2.74. The molecule has 0 bridgehead atoms. The maximum Gasteiger partial charge on any atom is 0.294 e. The van der Waals surface area contributed by atoms with Crippen molar-refractivity contribution < 1.29 is 0 Å². The van der Waals surface area contributed by atoms with Gasteiger partial charge in [-0.1, -0.05) is 20.6 Å². The average molecular weight is 400 g/mol. The van der Waals surface area contributed by atoms with Gasteiger partial charge in [-0.2, -0.15) is 21.0 Å². The third-order valence-corrected chi connectivity index (χ3v) is 3.96. The maximum absolute atomic E-state index is 9.29. The summed E-state index contributed by atoms with van der Waals surface area (Å²) in [6, 6.07) is 7.03. The number of benzene rings is 1. The number of rotatable bonds is 0. The highest BCUT2D eigenvalue weighted by Crippen LogP contribution is 2.34. The fourth-order valence-electron chi connectivity index (χ4n) is 2.74. The molecule has 1 aromatic carbocycles. The van der Waals surface area contributed by atoms with E-state index in [0.717, 1.165) is 0 Å². The predicted molar refractivity (Wildman–Crippen MR) is 104 cm³/mol. The first-order chi connectivity index (χ1) is 14.6. The van der Waals surface area contributed by atoms with Crippen LogP contribution in [-0.4, -0.2) is 29.9 Å². The normalized spacial score (nSPS) is 9.48. The quantitative estimate of drug-likeness (QED) is 0.314. The minimum Gasteiger partial charge on any atom is -0.370 e. The van der Waals surface area contributed by atoms with Gasteiger partial charge in [-0.05, 0) is 0 Å². The lowest BCUT2D eigenvalue weighted by Crippen LogP contribution is -2.03. The topological polar surface area (TPSA) is 181 Å². The van der Waals surface area contributed by atoms with E-state index in [0.29, 0.717) is 0 Å². The first-order valence-corrected chi connectivity index (χ1v) is 7.72. The Kier molecular flexibility index (Phi) is 4.69. The van der Waals surface area contributed by atoms with Gasteiger partial charge in [0.05, 0.1) is 0 Å². The molecule has 12 nitrogen and oxygen atoms in total. The van der Waals surface area contributed by atoms with Crippen LogP contribution < -0.4 is 0 Å². The summed E-state index contributed by atoms with van der Waals surface area (Å²) < 4.78 is 0. The zero-order valence-electron chi connectivity index (χ0n) is 14.4. The molecule has 31 heavy (non-hydrogen) atoms. The van der Waals surface area contributed by atoms with Crippen molar-refractivity contribution in [2.75, 3.05) is 0 Å². The van der Waals surface area contributed by atoms with Crippen molar-refractivity contribution in [3.8, 4) is 24.3 Å². The van der Waals surface area contributed by atoms with Crippen molar-refractivity contribution in [2.45, 2.75) is 7.43 Å². The molecule has 12 heteroatoms. The molecule has 4 aromatic rings. The summed E-state index contributed by atoms with van der Waals surface area (Å²) in [6.45, 7) is 14.5. The smallest absolute Gasteiger partial charge is 0.294 e. The molecule has 0 aliphatic rings. The van der Waals surface area contributed by atoms with Crippen molar-refractivity contribution in [3.63, 3.8) is 0 Å². The lowest BCUT2D eigenvalue weighted by Gasteiger charge is -2.06. The van der Waals surface area contributed by atoms with Crippen LogP contribution in [0.4, 0.5) is 11.6 Å². The van der Waals surface area contributed by atoms with Crippen molar-refractivity contribution in [1.29, 1.82) is 21.0 Å². The second-order valence-corrected chi connectivity index (χ2v) is 5.47. The van der Waals surface area contributed by atoms with Gasteiger partial charge in [-0.3, -0.25) is 0 Å². The number of nitrogens with zero attached hydrogens (tertiary/aromatic N) is 12. The minimum absolute atomic E-state index is 0. The second kappa shape index (κ2) is 7.30. The van der Waals surface area contributed by atoms with Gasteiger partial charge in [-0.25, -0.2) is 19.9 Å². The molecule has 3 aromatic heterocycles. The molecule has 0 saturated heterocycles. The van der Waals surface area contributed by atoms with Gasteiger partial charge in [0.2, 0.25) is 11.0 Å². The summed E-state index contributed by atoms with van der Waals surface area (Å²) in [5.41, 5.74) is -1.20. The zero-order chi connectivity index (χ0) is 21.4. The summed E-state index contributed by atoms with van der Waals surface area (Å²) in [5, 5.41) is 37.2. The highest BCUT2D eigenvalue weighted by molar-refractivity contribution is 6.18. The summed E-state index contributed by atoms with van der Waals surface area (Å²) in [4.78, 5) is 31.1. The van der Waals surface area contributed by atoms with Crippen molar-refractivity contribution in [2.24, 2.45) is 0 Å². The number of hydrogen-bond donors (Lipinski definition) is 0. The van der Waals surface area contributed by atoms with Crippen LogP contribution in [0, 0.1) is 58.5 Å². The van der Waals surface area contributed by atoms with Gasteiger partial charge in [0, 0.05) is 0 Å². The lowest BCUT2D eigenvalue weighted by atomic mass is 10.1. The molecule has 0 saturated carbocycles. The van der Waals surface area contributed by atoms with Gasteiger partial charge in [0.25, 0.3) is 11.6 Å². The Labute approximate surface area is 173 Å². The largest absolute Gasteiger partial charge is 0.370 e. The second-order valence-electron chi connectivity index (χ2n) is 5.47. The van der Waals surface area contributed by atoms with Crippen LogP contribution >= 0.6 is 0 Å². The van der Waals surface area contributed by atoms with Crippen LogP contribution in [0.5, 0.6) is 0 Å². The molecule has 0 spiro atoms. The van der Waals surface area contributed by atoms with E-state index >= 15 is 0 Å². The molecule has 0 atom stereocenters. The van der Waals surface area contributed by atoms with Crippen LogP contribution in [0.25, 0.3) is 42.8 Å². The Hall–Kier alpha value is -5.82. The van der Waals surface area contributed by atoms with E-state index < -0.39 is 0 Å². The SMILES string of the molecule is C.[C-]#[N+]c1nc2c3nc(C#N)c(C#N)nc3c3nc(C#N)c(C#N)nc3c2nc1[N+]#[C-]. The molecular weight excluding hydrogens is 396 g/mol. The molecule has 0 aliphatic heterocycles. The molecule has 0 unspecified atom stereocenters. The Morgan fingerprint density at radius 1 is 0.484 bits per heavy atom. The first-order valence-electron chi connectivity index (χ1n) is 7.72. The summed E-state index contributed by atoms with van der Waals surface area (Å²) in [6.07, 6.45) is 0. The Bertz CT molecular complexity index is 1350. The molecule has 0 aliphatic carbocycles. The number of aromatic nitrogens is 6. The van der Waals surface area contributed by atoms with E-state index in [1.54, 1.807) is 24.3 Å². The third kappa shape index (κ3) is 2.72. The number of hydrogen-bond acceptors (Lipinski definition) is 10. The van der Waals surface area contributed by atoms with Crippen LogP contribution in [0.3, 0.4) is 0 Å². The van der Waals surface area contributed by atoms with Crippen molar-refractivity contribution >= 4 is 44.7 Å². The lowest BCUT2D eigenvalue weighted by molar-refractivity contribution is 1.17. The molecular formula is C19H4N12. The molecule has 0 fully saturated rings. The van der Waals surface area contributed by atoms with Gasteiger partial charge in [0.1, 0.15) is 46.3 Å². The molecule has 140 valence electrons. The summed E-state index contributed by atoms with van der Waals surface area (Å²) in [5.74, 6) is -0.602. The van der Waals surface area contributed by atoms with E-state index in [-0.39, 0.29) is 74.9 Å². The minimum atomic E-state index is -0.301. The van der Waals surface area contributed by atoms with Crippen molar-refractivity contribution in [3.05, 3.63) is 45.6 Å². The average Bonchev–Trinajstić information content (AvgIpc) is 2.81. The number of fused-ring (bicyclic) bond motifs is 6. The highest BCUT2D eigenvalue weighted by Gasteiger charge is 2.26. The summed E-state index contributed by atoms with van der Waals surface area (Å²) in [7, 11) is 0. The molecule has 3 heterocycles. The fraction of sp³-hybridized carbons (Fsp3) is 0.0526. The van der Waals surface area contributed by atoms with Crippen LogP contribution in [0.2, 0.25) is 0 Å².